The van der Waals surface area contributed by atoms with Gasteiger partial charge in [0.15, 0.2) is 11.6 Å². The summed E-state index contributed by atoms with van der Waals surface area (Å²) >= 11 is 1.73. The van der Waals surface area contributed by atoms with Gasteiger partial charge in [0.05, 0.1) is 43.3 Å². The predicted molar refractivity (Wildman–Crippen MR) is 333 cm³/mol. The van der Waals surface area contributed by atoms with Crippen molar-refractivity contribution in [3.05, 3.63) is 261 Å². The molecular weight excluding hydrogens is 995 g/mol. The Hall–Kier alpha value is -10.5. The summed E-state index contributed by atoms with van der Waals surface area (Å²) in [5.41, 5.74) is 15.0. The second kappa shape index (κ2) is 17.5. The summed E-state index contributed by atoms with van der Waals surface area (Å²) in [5.74, 6) is 1.71. The lowest BCUT2D eigenvalue weighted by Crippen LogP contribution is -2.07. The average molecular weight is 1040 g/mol. The maximum absolute atomic E-state index is 5.63. The monoisotopic (exact) mass is 1040 g/mol. The molecule has 0 atom stereocenters. The van der Waals surface area contributed by atoms with Gasteiger partial charge in [-0.2, -0.15) is 9.97 Å². The second-order valence-corrected chi connectivity index (χ2v) is 21.6. The first-order valence-corrected chi connectivity index (χ1v) is 27.8. The van der Waals surface area contributed by atoms with Crippen LogP contribution in [0.2, 0.25) is 0 Å². The van der Waals surface area contributed by atoms with E-state index in [1.54, 1.807) is 11.3 Å². The molecule has 0 fully saturated rings. The van der Waals surface area contributed by atoms with Crippen LogP contribution in [0.5, 0.6) is 0 Å². The highest BCUT2D eigenvalue weighted by Gasteiger charge is 2.24. The first-order valence-electron chi connectivity index (χ1n) is 27.0. The molecule has 17 aromatic rings. The molecule has 0 saturated heterocycles. The first kappa shape index (κ1) is 44.6. The van der Waals surface area contributed by atoms with Crippen molar-refractivity contribution in [1.29, 1.82) is 0 Å². The number of hydrogen-bond acceptors (Lipinski definition) is 5. The van der Waals surface area contributed by atoms with E-state index in [9.17, 15) is 0 Å². The Kier molecular flexibility index (Phi) is 9.75. The number of aromatic nitrogens is 7. The summed E-state index contributed by atoms with van der Waals surface area (Å²) in [6.45, 7) is 0. The van der Waals surface area contributed by atoms with Crippen LogP contribution in [-0.2, 0) is 0 Å². The van der Waals surface area contributed by atoms with E-state index < -0.39 is 0 Å². The van der Waals surface area contributed by atoms with Crippen molar-refractivity contribution in [1.82, 2.24) is 33.6 Å². The molecule has 5 heterocycles. The summed E-state index contributed by atoms with van der Waals surface area (Å²) in [4.78, 5) is 21.7. The van der Waals surface area contributed by atoms with E-state index in [0.717, 1.165) is 137 Å². The third-order valence-electron chi connectivity index (χ3n) is 16.1. The normalized spacial score (nSPS) is 12.0. The van der Waals surface area contributed by atoms with Gasteiger partial charge in [0.1, 0.15) is 5.01 Å². The topological polar surface area (TPSA) is 66.3 Å². The van der Waals surface area contributed by atoms with E-state index >= 15 is 0 Å². The summed E-state index contributed by atoms with van der Waals surface area (Å²) in [6, 6.07) is 93.4. The maximum atomic E-state index is 5.63. The van der Waals surface area contributed by atoms with Gasteiger partial charge in [0.2, 0.25) is 5.95 Å². The zero-order valence-electron chi connectivity index (χ0n) is 42.9. The van der Waals surface area contributed by atoms with Crippen molar-refractivity contribution >= 4 is 109 Å². The molecule has 80 heavy (non-hydrogen) atoms. The van der Waals surface area contributed by atoms with Crippen molar-refractivity contribution in [3.63, 3.8) is 0 Å². The van der Waals surface area contributed by atoms with Gasteiger partial charge in [0.25, 0.3) is 0 Å². The molecule has 7 nitrogen and oxygen atoms in total. The quantitative estimate of drug-likeness (QED) is 0.160. The van der Waals surface area contributed by atoms with Gasteiger partial charge in [-0.3, -0.25) is 4.57 Å². The van der Waals surface area contributed by atoms with E-state index in [1.807, 2.05) is 0 Å². The molecule has 0 bridgehead atoms. The summed E-state index contributed by atoms with van der Waals surface area (Å²) in [5, 5.41) is 12.4. The molecule has 372 valence electrons. The lowest BCUT2D eigenvalue weighted by atomic mass is 9.94. The summed E-state index contributed by atoms with van der Waals surface area (Å²) < 4.78 is 8.18. The third kappa shape index (κ3) is 6.79. The minimum Gasteiger partial charge on any atom is -0.309 e. The molecular formula is C72H43N7S. The second-order valence-electron chi connectivity index (χ2n) is 20.6. The standard InChI is InChI=1S/C72H43N7S/c1-3-18-49(19-4-1)77-61-28-14-11-24-53(61)57-41-47(36-38-63(57)77)69-74-70(48-37-39-64-58(42-48)54-25-12-15-29-62(54)78(64)50-20-5-2-6-21-50)76-72(75-69)79-65-40-35-44-17-7-8-22-51(44)67(65)59-43-56(52-23-9-10-26-55(52)68(59)79)45-31-33-46(34-32-45)71-73-60-27-13-16-30-66(60)80-71/h1-43H. The van der Waals surface area contributed by atoms with Gasteiger partial charge in [-0.25, -0.2) is 9.97 Å². The molecule has 0 saturated carbocycles. The molecule has 17 rings (SSSR count). The molecule has 0 N–H and O–H groups in total. The Morgan fingerprint density at radius 1 is 0.300 bits per heavy atom. The van der Waals surface area contributed by atoms with E-state index in [-0.39, 0.29) is 0 Å². The SMILES string of the molecule is c1ccc(-n2c3ccccc3c3cc(-c4nc(-c5ccc6c(c5)c5ccccc5n6-c5ccccc5)nc(-n5c6ccc7ccccc7c6c6cc(-c7ccc(-c8nc9ccccc9s8)cc7)c7ccccc7c65)n4)ccc32)cc1. The highest BCUT2D eigenvalue weighted by Crippen LogP contribution is 2.45. The van der Waals surface area contributed by atoms with Crippen LogP contribution in [0.3, 0.4) is 0 Å². The van der Waals surface area contributed by atoms with Crippen LogP contribution in [0, 0.1) is 0 Å². The molecule has 0 aliphatic rings. The van der Waals surface area contributed by atoms with Gasteiger partial charge in [-0.05, 0) is 124 Å². The maximum Gasteiger partial charge on any atom is 0.238 e. The number of fused-ring (bicyclic) bond motifs is 14. The minimum absolute atomic E-state index is 0.539. The number of para-hydroxylation sites is 5. The Labute approximate surface area is 462 Å². The van der Waals surface area contributed by atoms with Crippen LogP contribution in [-0.4, -0.2) is 33.6 Å². The van der Waals surface area contributed by atoms with E-state index in [1.165, 1.54) is 4.70 Å². The van der Waals surface area contributed by atoms with Crippen molar-refractivity contribution in [2.24, 2.45) is 0 Å². The van der Waals surface area contributed by atoms with Gasteiger partial charge >= 0.3 is 0 Å². The smallest absolute Gasteiger partial charge is 0.238 e. The largest absolute Gasteiger partial charge is 0.309 e. The molecule has 0 spiro atoms. The lowest BCUT2D eigenvalue weighted by Gasteiger charge is -2.14. The van der Waals surface area contributed by atoms with E-state index in [0.29, 0.717) is 17.6 Å². The zero-order valence-corrected chi connectivity index (χ0v) is 43.7. The fraction of sp³-hybridized carbons (Fsp3) is 0. The third-order valence-corrected chi connectivity index (χ3v) is 17.2. The number of thiazole rings is 1. The molecule has 12 aromatic carbocycles. The fourth-order valence-corrected chi connectivity index (χ4v) is 13.5. The van der Waals surface area contributed by atoms with Crippen LogP contribution in [0.15, 0.2) is 261 Å². The number of benzene rings is 12. The number of nitrogens with zero attached hydrogens (tertiary/aromatic N) is 7. The lowest BCUT2D eigenvalue weighted by molar-refractivity contribution is 0.955. The molecule has 0 aliphatic heterocycles. The van der Waals surface area contributed by atoms with Crippen molar-refractivity contribution in [3.8, 4) is 61.8 Å². The van der Waals surface area contributed by atoms with Crippen molar-refractivity contribution < 1.29 is 0 Å². The Morgan fingerprint density at radius 2 is 0.800 bits per heavy atom. The zero-order chi connectivity index (χ0) is 52.4. The van der Waals surface area contributed by atoms with Crippen molar-refractivity contribution in [2.45, 2.75) is 0 Å². The van der Waals surface area contributed by atoms with Crippen LogP contribution < -0.4 is 0 Å². The highest BCUT2D eigenvalue weighted by molar-refractivity contribution is 7.21. The van der Waals surface area contributed by atoms with Crippen LogP contribution in [0.1, 0.15) is 0 Å². The first-order chi connectivity index (χ1) is 39.7. The number of rotatable bonds is 7. The summed E-state index contributed by atoms with van der Waals surface area (Å²) in [7, 11) is 0. The number of hydrogen-bond donors (Lipinski definition) is 0. The van der Waals surface area contributed by atoms with Crippen LogP contribution >= 0.6 is 11.3 Å². The van der Waals surface area contributed by atoms with Gasteiger partial charge in [-0.1, -0.05) is 164 Å². The van der Waals surface area contributed by atoms with Crippen LogP contribution in [0.4, 0.5) is 0 Å². The molecule has 0 radical (unpaired) electrons. The minimum atomic E-state index is 0.539. The van der Waals surface area contributed by atoms with Gasteiger partial charge in [0, 0.05) is 65.8 Å². The molecule has 5 aromatic heterocycles. The van der Waals surface area contributed by atoms with Gasteiger partial charge in [-0.15, -0.1) is 11.3 Å². The summed E-state index contributed by atoms with van der Waals surface area (Å²) in [6.07, 6.45) is 0. The van der Waals surface area contributed by atoms with Crippen molar-refractivity contribution in [2.75, 3.05) is 0 Å². The predicted octanol–water partition coefficient (Wildman–Crippen LogP) is 18.7. The fourth-order valence-electron chi connectivity index (χ4n) is 12.5. The van der Waals surface area contributed by atoms with E-state index in [4.69, 9.17) is 19.9 Å². The molecule has 0 amide bonds. The molecule has 8 heteroatoms. The van der Waals surface area contributed by atoms with Crippen LogP contribution in [0.25, 0.3) is 159 Å². The Balaban J connectivity index is 0.930. The molecule has 0 unspecified atom stereocenters. The average Bonchev–Trinajstić information content (AvgIpc) is 4.49. The Morgan fingerprint density at radius 3 is 1.44 bits per heavy atom. The Bertz CT molecular complexity index is 5150. The van der Waals surface area contributed by atoms with Gasteiger partial charge < -0.3 is 9.13 Å². The van der Waals surface area contributed by atoms with E-state index in [2.05, 4.69) is 275 Å². The molecule has 0 aliphatic carbocycles. The highest BCUT2D eigenvalue weighted by atomic mass is 32.1.